The number of benzene rings is 2. The molecule has 0 aliphatic heterocycles. The summed E-state index contributed by atoms with van der Waals surface area (Å²) in [7, 11) is 1.59. The predicted octanol–water partition coefficient (Wildman–Crippen LogP) is 3.36. The molecule has 0 fully saturated rings. The van der Waals surface area contributed by atoms with Crippen LogP contribution in [0, 0.1) is 6.92 Å². The summed E-state index contributed by atoms with van der Waals surface area (Å²) in [4.78, 5) is 12.3. The third-order valence-electron chi connectivity index (χ3n) is 3.64. The third-order valence-corrected chi connectivity index (χ3v) is 3.64. The molecule has 25 heavy (non-hydrogen) atoms. The normalized spacial score (nSPS) is 11.5. The zero-order chi connectivity index (χ0) is 18.1. The number of rotatable bonds is 9. The summed E-state index contributed by atoms with van der Waals surface area (Å²) in [6.45, 7) is 4.75. The second-order valence-corrected chi connectivity index (χ2v) is 5.65. The van der Waals surface area contributed by atoms with Gasteiger partial charge in [-0.1, -0.05) is 25.1 Å². The standard InChI is InChI=1S/C20H25NO4/c1-4-19(25-18-10-6-8-16(14-18)23-3)20(22)21-11-12-24-17-9-5-7-15(2)13-17/h5-10,13-14,19H,4,11-12H2,1-3H3,(H,21,22)/t19-/m0/s1. The largest absolute Gasteiger partial charge is 0.497 e. The van der Waals surface area contributed by atoms with Gasteiger partial charge in [0.25, 0.3) is 5.91 Å². The molecule has 0 heterocycles. The van der Waals surface area contributed by atoms with E-state index in [1.54, 1.807) is 19.2 Å². The maximum Gasteiger partial charge on any atom is 0.261 e. The van der Waals surface area contributed by atoms with E-state index in [1.807, 2.05) is 50.2 Å². The highest BCUT2D eigenvalue weighted by Gasteiger charge is 2.18. The van der Waals surface area contributed by atoms with Crippen LogP contribution in [0.4, 0.5) is 0 Å². The first kappa shape index (κ1) is 18.6. The van der Waals surface area contributed by atoms with Crippen LogP contribution in [0.25, 0.3) is 0 Å². The van der Waals surface area contributed by atoms with Gasteiger partial charge >= 0.3 is 0 Å². The number of methoxy groups -OCH3 is 1. The number of amides is 1. The van der Waals surface area contributed by atoms with Crippen molar-refractivity contribution in [1.29, 1.82) is 0 Å². The molecule has 1 N–H and O–H groups in total. The SMILES string of the molecule is CC[C@H](Oc1cccc(OC)c1)C(=O)NCCOc1cccc(C)c1. The first-order valence-electron chi connectivity index (χ1n) is 8.40. The number of hydrogen-bond donors (Lipinski definition) is 1. The summed E-state index contributed by atoms with van der Waals surface area (Å²) in [5, 5.41) is 2.85. The lowest BCUT2D eigenvalue weighted by Gasteiger charge is -2.17. The highest BCUT2D eigenvalue weighted by molar-refractivity contribution is 5.81. The lowest BCUT2D eigenvalue weighted by atomic mass is 10.2. The van der Waals surface area contributed by atoms with Crippen LogP contribution in [0.2, 0.25) is 0 Å². The fourth-order valence-electron chi connectivity index (χ4n) is 2.32. The molecule has 0 radical (unpaired) electrons. The van der Waals surface area contributed by atoms with Gasteiger partial charge in [-0.3, -0.25) is 4.79 Å². The molecule has 5 heteroatoms. The van der Waals surface area contributed by atoms with Crippen LogP contribution in [0.3, 0.4) is 0 Å². The molecule has 0 unspecified atom stereocenters. The van der Waals surface area contributed by atoms with Gasteiger partial charge in [0.1, 0.15) is 23.9 Å². The van der Waals surface area contributed by atoms with Crippen molar-refractivity contribution in [3.63, 3.8) is 0 Å². The van der Waals surface area contributed by atoms with Gasteiger partial charge in [-0.2, -0.15) is 0 Å². The smallest absolute Gasteiger partial charge is 0.261 e. The Labute approximate surface area is 148 Å². The number of nitrogens with one attached hydrogen (secondary N) is 1. The minimum Gasteiger partial charge on any atom is -0.497 e. The molecule has 0 aromatic heterocycles. The molecule has 0 aliphatic rings. The summed E-state index contributed by atoms with van der Waals surface area (Å²) in [6.07, 6.45) is 0.0213. The molecule has 0 aliphatic carbocycles. The molecule has 0 saturated carbocycles. The third kappa shape index (κ3) is 6.03. The Balaban J connectivity index is 1.79. The summed E-state index contributed by atoms with van der Waals surface area (Å²) in [5.74, 6) is 1.95. The van der Waals surface area contributed by atoms with E-state index in [9.17, 15) is 4.79 Å². The number of aryl methyl sites for hydroxylation is 1. The molecule has 0 saturated heterocycles. The zero-order valence-electron chi connectivity index (χ0n) is 15.0. The van der Waals surface area contributed by atoms with Gasteiger partial charge in [0.05, 0.1) is 13.7 Å². The first-order chi connectivity index (χ1) is 12.1. The molecule has 2 rings (SSSR count). The van der Waals surface area contributed by atoms with Crippen LogP contribution in [-0.4, -0.2) is 32.3 Å². The van der Waals surface area contributed by atoms with Crippen molar-refractivity contribution < 1.29 is 19.0 Å². The van der Waals surface area contributed by atoms with Crippen molar-refractivity contribution in [2.45, 2.75) is 26.4 Å². The van der Waals surface area contributed by atoms with E-state index < -0.39 is 6.10 Å². The van der Waals surface area contributed by atoms with Crippen LogP contribution in [-0.2, 0) is 4.79 Å². The summed E-state index contributed by atoms with van der Waals surface area (Å²) in [6, 6.07) is 15.0. The van der Waals surface area contributed by atoms with Crippen LogP contribution < -0.4 is 19.5 Å². The lowest BCUT2D eigenvalue weighted by Crippen LogP contribution is -2.39. The van der Waals surface area contributed by atoms with Crippen molar-refractivity contribution in [2.24, 2.45) is 0 Å². The highest BCUT2D eigenvalue weighted by atomic mass is 16.5. The van der Waals surface area contributed by atoms with E-state index in [2.05, 4.69) is 5.32 Å². The minimum absolute atomic E-state index is 0.154. The Morgan fingerprint density at radius 2 is 1.80 bits per heavy atom. The van der Waals surface area contributed by atoms with Crippen LogP contribution in [0.15, 0.2) is 48.5 Å². The zero-order valence-corrected chi connectivity index (χ0v) is 15.0. The molecule has 2 aromatic carbocycles. The average Bonchev–Trinajstić information content (AvgIpc) is 2.63. The summed E-state index contributed by atoms with van der Waals surface area (Å²) < 4.78 is 16.6. The Morgan fingerprint density at radius 1 is 1.08 bits per heavy atom. The molecular weight excluding hydrogens is 318 g/mol. The monoisotopic (exact) mass is 343 g/mol. The predicted molar refractivity (Wildman–Crippen MR) is 97.4 cm³/mol. The molecule has 2 aromatic rings. The molecular formula is C20H25NO4. The van der Waals surface area contributed by atoms with Crippen LogP contribution in [0.1, 0.15) is 18.9 Å². The van der Waals surface area contributed by atoms with E-state index in [0.29, 0.717) is 31.1 Å². The highest BCUT2D eigenvalue weighted by Crippen LogP contribution is 2.20. The Kier molecular flexibility index (Phi) is 7.14. The van der Waals surface area contributed by atoms with Crippen molar-refractivity contribution in [3.05, 3.63) is 54.1 Å². The van der Waals surface area contributed by atoms with Crippen LogP contribution in [0.5, 0.6) is 17.2 Å². The number of carbonyl (C=O) groups excluding carboxylic acids is 1. The van der Waals surface area contributed by atoms with E-state index in [0.717, 1.165) is 11.3 Å². The van der Waals surface area contributed by atoms with E-state index in [1.165, 1.54) is 0 Å². The second-order valence-electron chi connectivity index (χ2n) is 5.65. The van der Waals surface area contributed by atoms with Gasteiger partial charge in [-0.05, 0) is 43.2 Å². The van der Waals surface area contributed by atoms with Crippen molar-refractivity contribution in [2.75, 3.05) is 20.3 Å². The van der Waals surface area contributed by atoms with Gasteiger partial charge in [0.15, 0.2) is 6.10 Å². The number of carbonyl (C=O) groups is 1. The average molecular weight is 343 g/mol. The molecule has 0 spiro atoms. The maximum absolute atomic E-state index is 12.3. The van der Waals surface area contributed by atoms with Gasteiger partial charge in [0, 0.05) is 6.07 Å². The van der Waals surface area contributed by atoms with Gasteiger partial charge in [-0.25, -0.2) is 0 Å². The summed E-state index contributed by atoms with van der Waals surface area (Å²) >= 11 is 0. The number of hydrogen-bond acceptors (Lipinski definition) is 4. The Bertz CT molecular complexity index is 687. The fraction of sp³-hybridized carbons (Fsp3) is 0.350. The molecule has 5 nitrogen and oxygen atoms in total. The van der Waals surface area contributed by atoms with Crippen molar-refractivity contribution in [1.82, 2.24) is 5.32 Å². The van der Waals surface area contributed by atoms with Crippen molar-refractivity contribution >= 4 is 5.91 Å². The number of ether oxygens (including phenoxy) is 3. The van der Waals surface area contributed by atoms with Gasteiger partial charge < -0.3 is 19.5 Å². The summed E-state index contributed by atoms with van der Waals surface area (Å²) in [5.41, 5.74) is 1.14. The quantitative estimate of drug-likeness (QED) is 0.710. The van der Waals surface area contributed by atoms with Gasteiger partial charge in [-0.15, -0.1) is 0 Å². The molecule has 1 atom stereocenters. The van der Waals surface area contributed by atoms with Crippen LogP contribution >= 0.6 is 0 Å². The first-order valence-corrected chi connectivity index (χ1v) is 8.40. The van der Waals surface area contributed by atoms with E-state index in [-0.39, 0.29) is 5.91 Å². The Hall–Kier alpha value is -2.69. The van der Waals surface area contributed by atoms with E-state index >= 15 is 0 Å². The fourth-order valence-corrected chi connectivity index (χ4v) is 2.32. The topological polar surface area (TPSA) is 56.8 Å². The molecule has 0 bridgehead atoms. The lowest BCUT2D eigenvalue weighted by molar-refractivity contribution is -0.128. The van der Waals surface area contributed by atoms with E-state index in [4.69, 9.17) is 14.2 Å². The maximum atomic E-state index is 12.3. The molecule has 134 valence electrons. The minimum atomic E-state index is -0.550. The Morgan fingerprint density at radius 3 is 2.52 bits per heavy atom. The van der Waals surface area contributed by atoms with Crippen molar-refractivity contribution in [3.8, 4) is 17.2 Å². The van der Waals surface area contributed by atoms with Gasteiger partial charge in [0.2, 0.25) is 0 Å². The second kappa shape index (κ2) is 9.57. The molecule has 1 amide bonds.